The molecule has 1 fully saturated rings. The molecule has 1 saturated heterocycles. The van der Waals surface area contributed by atoms with Crippen molar-refractivity contribution in [2.75, 3.05) is 12.3 Å². The fourth-order valence-corrected chi connectivity index (χ4v) is 17.1. The Bertz CT molecular complexity index is 278. The zero-order chi connectivity index (χ0) is 15.9. The van der Waals surface area contributed by atoms with E-state index in [2.05, 4.69) is 55.4 Å². The lowest BCUT2D eigenvalue weighted by atomic mass is 10.5. The molecule has 20 heavy (non-hydrogen) atoms. The van der Waals surface area contributed by atoms with Crippen LogP contribution in [0, 0.1) is 0 Å². The Kier molecular flexibility index (Phi) is 6.11. The van der Waals surface area contributed by atoms with Crippen molar-refractivity contribution in [3.8, 4) is 0 Å². The molecule has 0 bridgehead atoms. The number of hydrogen-bond acceptors (Lipinski definition) is 2. The number of aliphatic hydroxyl groups is 2. The molecule has 0 aromatic carbocycles. The van der Waals surface area contributed by atoms with E-state index >= 15 is 0 Å². The summed E-state index contributed by atoms with van der Waals surface area (Å²) in [6, 6.07) is 0. The number of hydrogen-bond donors (Lipinski definition) is 2. The van der Waals surface area contributed by atoms with Crippen molar-refractivity contribution in [3.63, 3.8) is 0 Å². The van der Waals surface area contributed by atoms with Gasteiger partial charge in [0.1, 0.15) is 12.3 Å². The van der Waals surface area contributed by atoms with Crippen molar-refractivity contribution < 1.29 is 10.2 Å². The summed E-state index contributed by atoms with van der Waals surface area (Å²) in [5.74, 6) is -0.326. The fraction of sp³-hybridized carbons (Fsp3) is 1.00. The summed E-state index contributed by atoms with van der Waals surface area (Å²) in [5.41, 5.74) is 2.03. The van der Waals surface area contributed by atoms with Crippen LogP contribution in [0.5, 0.6) is 0 Å². The summed E-state index contributed by atoms with van der Waals surface area (Å²) in [6.45, 7) is 18.0. The van der Waals surface area contributed by atoms with Gasteiger partial charge in [-0.3, -0.25) is 0 Å². The molecule has 1 aliphatic rings. The molecule has 0 aromatic rings. The molecule has 4 heteroatoms. The van der Waals surface area contributed by atoms with Crippen LogP contribution in [0.15, 0.2) is 0 Å². The van der Waals surface area contributed by atoms with Gasteiger partial charge in [0, 0.05) is 0 Å². The summed E-state index contributed by atoms with van der Waals surface area (Å²) in [6.07, 6.45) is 1.77. The first kappa shape index (κ1) is 18.8. The van der Waals surface area contributed by atoms with Gasteiger partial charge >= 0.3 is 0 Å². The van der Waals surface area contributed by atoms with E-state index in [1.807, 2.05) is 0 Å². The van der Waals surface area contributed by atoms with Gasteiger partial charge in [0.25, 0.3) is 0 Å². The van der Waals surface area contributed by atoms with E-state index in [1.165, 1.54) is 0 Å². The van der Waals surface area contributed by atoms with Gasteiger partial charge in [-0.2, -0.15) is 0 Å². The highest BCUT2D eigenvalue weighted by Gasteiger charge is 2.67. The van der Waals surface area contributed by atoms with E-state index in [-0.39, 0.29) is 11.7 Å². The summed E-state index contributed by atoms with van der Waals surface area (Å²) >= 11 is 0. The molecule has 0 aromatic heterocycles. The summed E-state index contributed by atoms with van der Waals surface area (Å²) in [7, 11) is -3.01. The highest BCUT2D eigenvalue weighted by molar-refractivity contribution is 7.84. The highest BCUT2D eigenvalue weighted by atomic mass is 31.2. The maximum Gasteiger partial charge on any atom is 0.198 e. The third-order valence-electron chi connectivity index (χ3n) is 5.91. The molecule has 120 valence electrons. The number of aliphatic hydroxyl groups excluding tert-OH is 2. The molecule has 0 aliphatic carbocycles. The van der Waals surface area contributed by atoms with Gasteiger partial charge in [0.15, 0.2) is 11.7 Å². The van der Waals surface area contributed by atoms with Crippen LogP contribution in [0.25, 0.3) is 0 Å². The van der Waals surface area contributed by atoms with Gasteiger partial charge in [-0.15, -0.1) is 0 Å². The van der Waals surface area contributed by atoms with Gasteiger partial charge in [-0.1, -0.05) is 0 Å². The second-order valence-corrected chi connectivity index (χ2v) is 17.7. The second-order valence-electron chi connectivity index (χ2n) is 7.69. The predicted octanol–water partition coefficient (Wildman–Crippen LogP) is 4.31. The van der Waals surface area contributed by atoms with Crippen LogP contribution < -0.4 is 0 Å². The third-order valence-corrected chi connectivity index (χ3v) is 18.7. The van der Waals surface area contributed by atoms with E-state index in [1.54, 1.807) is 0 Å². The van der Waals surface area contributed by atoms with Crippen molar-refractivity contribution in [1.82, 2.24) is 0 Å². The van der Waals surface area contributed by atoms with Crippen LogP contribution in [-0.4, -0.2) is 56.9 Å². The third kappa shape index (κ3) is 2.71. The highest BCUT2D eigenvalue weighted by Crippen LogP contribution is 2.83. The minimum Gasteiger partial charge on any atom is -0.356 e. The van der Waals surface area contributed by atoms with Crippen LogP contribution >= 0.6 is 14.5 Å². The van der Waals surface area contributed by atoms with Crippen LogP contribution in [0.3, 0.4) is 0 Å². The quantitative estimate of drug-likeness (QED) is 0.757. The molecule has 0 unspecified atom stereocenters. The topological polar surface area (TPSA) is 40.5 Å². The first-order chi connectivity index (χ1) is 9.03. The number of rotatable bonds is 4. The fourth-order valence-electron chi connectivity index (χ4n) is 4.53. The molecule has 0 saturated carbocycles. The molecule has 0 amide bonds. The summed E-state index contributed by atoms with van der Waals surface area (Å²) in [4.78, 5) is 0. The minimum atomic E-state index is -1.51. The van der Waals surface area contributed by atoms with E-state index in [4.69, 9.17) is 0 Å². The molecule has 1 rings (SSSR count). The summed E-state index contributed by atoms with van der Waals surface area (Å²) in [5, 5.41) is 22.2. The Morgan fingerprint density at radius 3 is 0.950 bits per heavy atom. The molecular formula is C16H36O2P2+2. The first-order valence-corrected chi connectivity index (χ1v) is 12.5. The molecule has 1 aliphatic heterocycles. The van der Waals surface area contributed by atoms with E-state index in [9.17, 15) is 10.2 Å². The van der Waals surface area contributed by atoms with Gasteiger partial charge < -0.3 is 10.2 Å². The predicted molar refractivity (Wildman–Crippen MR) is 96.1 cm³/mol. The lowest BCUT2D eigenvalue weighted by molar-refractivity contribution is 0.238. The normalized spacial score (nSPS) is 29.7. The lowest BCUT2D eigenvalue weighted by Crippen LogP contribution is -2.46. The minimum absolute atomic E-state index is 0.163. The summed E-state index contributed by atoms with van der Waals surface area (Å²) < 4.78 is 0. The average molecular weight is 322 g/mol. The van der Waals surface area contributed by atoms with Crippen LogP contribution in [0.4, 0.5) is 0 Å². The van der Waals surface area contributed by atoms with Gasteiger partial charge in [0.05, 0.1) is 37.2 Å². The first-order valence-electron chi connectivity index (χ1n) is 8.13. The monoisotopic (exact) mass is 322 g/mol. The van der Waals surface area contributed by atoms with E-state index < -0.39 is 14.5 Å². The van der Waals surface area contributed by atoms with Crippen molar-refractivity contribution in [1.29, 1.82) is 0 Å². The van der Waals surface area contributed by atoms with Gasteiger partial charge in [0.2, 0.25) is 0 Å². The molecule has 0 spiro atoms. The van der Waals surface area contributed by atoms with Crippen LogP contribution in [-0.2, 0) is 0 Å². The molecule has 2 nitrogen and oxygen atoms in total. The Morgan fingerprint density at radius 1 is 0.600 bits per heavy atom. The van der Waals surface area contributed by atoms with Gasteiger partial charge in [-0.25, -0.2) is 0 Å². The SMILES string of the molecule is CC(C)[P+]1(C(C)C)C[C@H](O)[P+](C(C)C)(C(C)C)C[C@@H]1O. The van der Waals surface area contributed by atoms with Crippen molar-refractivity contribution in [3.05, 3.63) is 0 Å². The van der Waals surface area contributed by atoms with Crippen LogP contribution in [0.1, 0.15) is 55.4 Å². The largest absolute Gasteiger partial charge is 0.356 e. The van der Waals surface area contributed by atoms with Crippen molar-refractivity contribution in [2.24, 2.45) is 0 Å². The Hall–Kier alpha value is 0.780. The van der Waals surface area contributed by atoms with Crippen molar-refractivity contribution >= 4 is 14.5 Å². The standard InChI is InChI=1S/C16H36O2P2/c1-11(2)19(12(3)4)9-16(18)20(13(5)6,14(7)8)10-15(19)17/h11-18H,9-10H2,1-8H3/q+2/t15-,16-/m1/s1. The Morgan fingerprint density at radius 2 is 0.800 bits per heavy atom. The van der Waals surface area contributed by atoms with Gasteiger partial charge in [-0.05, 0) is 55.4 Å². The maximum atomic E-state index is 11.1. The zero-order valence-electron chi connectivity index (χ0n) is 14.7. The average Bonchev–Trinajstić information content (AvgIpc) is 2.29. The molecule has 1 heterocycles. The molecular weight excluding hydrogens is 286 g/mol. The van der Waals surface area contributed by atoms with Crippen molar-refractivity contribution in [2.45, 2.75) is 89.7 Å². The zero-order valence-corrected chi connectivity index (χ0v) is 16.5. The van der Waals surface area contributed by atoms with E-state index in [0.29, 0.717) is 22.6 Å². The smallest absolute Gasteiger partial charge is 0.198 e. The molecule has 2 N–H and O–H groups in total. The van der Waals surface area contributed by atoms with Crippen LogP contribution in [0.2, 0.25) is 0 Å². The Balaban J connectivity index is 3.24. The second kappa shape index (κ2) is 6.49. The van der Waals surface area contributed by atoms with E-state index in [0.717, 1.165) is 12.3 Å². The Labute approximate surface area is 127 Å². The maximum absolute atomic E-state index is 11.1. The lowest BCUT2D eigenvalue weighted by Gasteiger charge is -2.50. The molecule has 0 radical (unpaired) electrons. The molecule has 2 atom stereocenters.